The molecule has 0 saturated heterocycles. The third kappa shape index (κ3) is 4.79. The van der Waals surface area contributed by atoms with Crippen molar-refractivity contribution < 1.29 is 4.74 Å². The molecule has 2 aliphatic heterocycles. The number of anilines is 3. The molecule has 0 saturated carbocycles. The first-order chi connectivity index (χ1) is 25.5. The number of hydrogen-bond acceptors (Lipinski definition) is 2. The van der Waals surface area contributed by atoms with E-state index in [1.165, 1.54) is 55.6 Å². The monoisotopic (exact) mass is 671 g/mol. The maximum Gasteiger partial charge on any atom is 0.246 e. The lowest BCUT2D eigenvalue weighted by Gasteiger charge is -2.49. The van der Waals surface area contributed by atoms with Crippen LogP contribution in [0, 0.1) is 0 Å². The van der Waals surface area contributed by atoms with Crippen LogP contribution in [0.5, 0.6) is 11.5 Å². The molecule has 0 aromatic heterocycles. The van der Waals surface area contributed by atoms with Gasteiger partial charge in [-0.15, -0.1) is 0 Å². The molecule has 9 rings (SSSR count). The Morgan fingerprint density at radius 3 is 1.50 bits per heavy atom. The Hall–Kier alpha value is -5.80. The van der Waals surface area contributed by atoms with E-state index < -0.39 is 5.41 Å². The number of benzene rings is 7. The molecule has 0 bridgehead atoms. The number of ether oxygens (including phenoxy) is 1. The van der Waals surface area contributed by atoms with Gasteiger partial charge in [-0.2, -0.15) is 0 Å². The van der Waals surface area contributed by atoms with Gasteiger partial charge in [-0.05, 0) is 58.8 Å². The van der Waals surface area contributed by atoms with E-state index in [1.807, 2.05) is 0 Å². The largest absolute Gasteiger partial charge is 0.457 e. The summed E-state index contributed by atoms with van der Waals surface area (Å²) in [7, 11) is 0. The van der Waals surface area contributed by atoms with E-state index in [-0.39, 0.29) is 6.71 Å². The molecule has 7 aromatic rings. The van der Waals surface area contributed by atoms with Crippen molar-refractivity contribution in [3.63, 3.8) is 0 Å². The van der Waals surface area contributed by atoms with Gasteiger partial charge in [0.05, 0.1) is 16.8 Å². The van der Waals surface area contributed by atoms with Crippen molar-refractivity contribution in [3.05, 3.63) is 203 Å². The van der Waals surface area contributed by atoms with Crippen LogP contribution < -0.4 is 26.0 Å². The van der Waals surface area contributed by atoms with Crippen LogP contribution in [0.15, 0.2) is 170 Å². The Morgan fingerprint density at radius 2 is 0.904 bits per heavy atom. The highest BCUT2D eigenvalue weighted by molar-refractivity contribution is 6.96. The molecule has 0 radical (unpaired) electrons. The number of para-hydroxylation sites is 5. The lowest BCUT2D eigenvalue weighted by atomic mass is 9.34. The molecule has 1 spiro atoms. The van der Waals surface area contributed by atoms with Crippen LogP contribution in [-0.2, 0) is 5.41 Å². The van der Waals surface area contributed by atoms with Gasteiger partial charge in [-0.3, -0.25) is 0 Å². The summed E-state index contributed by atoms with van der Waals surface area (Å²) >= 11 is 0. The Kier molecular flexibility index (Phi) is 7.89. The lowest BCUT2D eigenvalue weighted by Crippen LogP contribution is -2.55. The van der Waals surface area contributed by atoms with Crippen molar-refractivity contribution in [2.24, 2.45) is 0 Å². The maximum absolute atomic E-state index is 7.29. The third-order valence-electron chi connectivity index (χ3n) is 11.2. The van der Waals surface area contributed by atoms with E-state index in [2.05, 4.69) is 202 Å². The molecule has 252 valence electrons. The molecule has 7 aromatic carbocycles. The molecular weight excluding hydrogens is 629 g/mol. The van der Waals surface area contributed by atoms with Crippen LogP contribution in [0.3, 0.4) is 0 Å². The second-order valence-electron chi connectivity index (χ2n) is 14.8. The van der Waals surface area contributed by atoms with Gasteiger partial charge in [0.1, 0.15) is 11.5 Å². The van der Waals surface area contributed by atoms with Crippen molar-refractivity contribution in [2.75, 3.05) is 4.90 Å². The standard InChI is InChI=1S/C49H42BNO/c1-33(2)36-21-8-13-27-42(36)50(43-28-14-9-22-37(43)34(3)4)44-29-18-26-41-48(44)52-47-32-17-12-25-40(47)49(41)38-23-10-15-30-45(38)51(35-19-6-5-7-20-35)46-31-16-11-24-39(46)49/h5-34H,1-4H3. The molecule has 2 nitrogen and oxygen atoms in total. The minimum Gasteiger partial charge on any atom is -0.457 e. The molecule has 2 heterocycles. The number of fused-ring (bicyclic) bond motifs is 8. The van der Waals surface area contributed by atoms with E-state index in [0.29, 0.717) is 11.8 Å². The van der Waals surface area contributed by atoms with Gasteiger partial charge in [-0.1, -0.05) is 189 Å². The van der Waals surface area contributed by atoms with Gasteiger partial charge >= 0.3 is 0 Å². The fraction of sp³-hybridized carbons (Fsp3) is 0.143. The number of nitrogens with zero attached hydrogens (tertiary/aromatic N) is 1. The molecular formula is C49H42BNO. The summed E-state index contributed by atoms with van der Waals surface area (Å²) in [4.78, 5) is 2.43. The van der Waals surface area contributed by atoms with Crippen molar-refractivity contribution in [3.8, 4) is 11.5 Å². The van der Waals surface area contributed by atoms with E-state index in [9.17, 15) is 0 Å². The molecule has 3 heteroatoms. The molecule has 52 heavy (non-hydrogen) atoms. The zero-order valence-corrected chi connectivity index (χ0v) is 30.3. The molecule has 0 N–H and O–H groups in total. The van der Waals surface area contributed by atoms with E-state index in [1.54, 1.807) is 0 Å². The van der Waals surface area contributed by atoms with Crippen LogP contribution in [0.2, 0.25) is 0 Å². The minimum absolute atomic E-state index is 0.0376. The van der Waals surface area contributed by atoms with Crippen molar-refractivity contribution in [2.45, 2.75) is 44.9 Å². The predicted octanol–water partition coefficient (Wildman–Crippen LogP) is 10.7. The smallest absolute Gasteiger partial charge is 0.246 e. The first kappa shape index (κ1) is 32.1. The fourth-order valence-corrected chi connectivity index (χ4v) is 9.10. The zero-order valence-electron chi connectivity index (χ0n) is 30.3. The summed E-state index contributed by atoms with van der Waals surface area (Å²) in [6, 6.07) is 62.4. The SMILES string of the molecule is CC(C)c1ccccc1B(c1ccccc1C(C)C)c1cccc2c1Oc1ccccc1C21c2ccccc2N(c2ccccc2)c2ccccc21. The third-order valence-corrected chi connectivity index (χ3v) is 11.2. The first-order valence-electron chi connectivity index (χ1n) is 18.6. The van der Waals surface area contributed by atoms with E-state index in [4.69, 9.17) is 4.74 Å². The number of hydrogen-bond donors (Lipinski definition) is 0. The highest BCUT2D eigenvalue weighted by atomic mass is 16.5. The van der Waals surface area contributed by atoms with Crippen molar-refractivity contribution in [1.29, 1.82) is 0 Å². The molecule has 0 fully saturated rings. The summed E-state index contributed by atoms with van der Waals surface area (Å²) in [6.45, 7) is 9.19. The van der Waals surface area contributed by atoms with Crippen LogP contribution in [0.25, 0.3) is 0 Å². The second kappa shape index (κ2) is 12.8. The van der Waals surface area contributed by atoms with Crippen LogP contribution in [0.1, 0.15) is 72.9 Å². The predicted molar refractivity (Wildman–Crippen MR) is 219 cm³/mol. The van der Waals surface area contributed by atoms with Crippen LogP contribution in [-0.4, -0.2) is 6.71 Å². The van der Waals surface area contributed by atoms with Gasteiger partial charge in [0.2, 0.25) is 6.71 Å². The van der Waals surface area contributed by atoms with E-state index in [0.717, 1.165) is 22.7 Å². The average Bonchev–Trinajstić information content (AvgIpc) is 3.19. The Morgan fingerprint density at radius 1 is 0.442 bits per heavy atom. The maximum atomic E-state index is 7.29. The highest BCUT2D eigenvalue weighted by Gasteiger charge is 2.52. The zero-order chi connectivity index (χ0) is 35.4. The highest BCUT2D eigenvalue weighted by Crippen LogP contribution is 2.62. The average molecular weight is 672 g/mol. The summed E-state index contributed by atoms with van der Waals surface area (Å²) < 4.78 is 7.29. The molecule has 0 amide bonds. The normalized spacial score (nSPS) is 13.6. The quantitative estimate of drug-likeness (QED) is 0.163. The fourth-order valence-electron chi connectivity index (χ4n) is 9.10. The van der Waals surface area contributed by atoms with Crippen LogP contribution in [0.4, 0.5) is 17.1 Å². The second-order valence-corrected chi connectivity index (χ2v) is 14.8. The summed E-state index contributed by atoms with van der Waals surface area (Å²) in [5.41, 5.74) is 14.3. The number of rotatable bonds is 6. The molecule has 0 aliphatic carbocycles. The lowest BCUT2D eigenvalue weighted by molar-refractivity contribution is 0.437. The first-order valence-corrected chi connectivity index (χ1v) is 18.6. The summed E-state index contributed by atoms with van der Waals surface area (Å²) in [5, 5.41) is 0. The van der Waals surface area contributed by atoms with E-state index >= 15 is 0 Å². The van der Waals surface area contributed by atoms with Gasteiger partial charge in [0.25, 0.3) is 0 Å². The van der Waals surface area contributed by atoms with Gasteiger partial charge in [0, 0.05) is 16.8 Å². The minimum atomic E-state index is -0.627. The van der Waals surface area contributed by atoms with Crippen molar-refractivity contribution >= 4 is 40.2 Å². The molecule has 2 aliphatic rings. The molecule has 0 unspecified atom stereocenters. The topological polar surface area (TPSA) is 12.5 Å². The Bertz CT molecular complexity index is 2330. The summed E-state index contributed by atoms with van der Waals surface area (Å²) in [5.74, 6) is 2.56. The Balaban J connectivity index is 1.40. The van der Waals surface area contributed by atoms with Gasteiger partial charge in [0.15, 0.2) is 0 Å². The van der Waals surface area contributed by atoms with Crippen LogP contribution >= 0.6 is 0 Å². The van der Waals surface area contributed by atoms with Gasteiger partial charge in [-0.25, -0.2) is 0 Å². The molecule has 0 atom stereocenters. The Labute approximate surface area is 308 Å². The summed E-state index contributed by atoms with van der Waals surface area (Å²) in [6.07, 6.45) is 0. The van der Waals surface area contributed by atoms with Crippen molar-refractivity contribution in [1.82, 2.24) is 0 Å². The van der Waals surface area contributed by atoms with Gasteiger partial charge < -0.3 is 9.64 Å².